The summed E-state index contributed by atoms with van der Waals surface area (Å²) < 4.78 is 0. The molecular formula is C22H29NO2. The maximum atomic E-state index is 11.7. The van der Waals surface area contributed by atoms with Crippen molar-refractivity contribution in [2.45, 2.75) is 51.8 Å². The number of hydrogen-bond donors (Lipinski definition) is 1. The third-order valence-electron chi connectivity index (χ3n) is 4.25. The second-order valence-electron chi connectivity index (χ2n) is 6.62. The van der Waals surface area contributed by atoms with Gasteiger partial charge < -0.3 is 5.11 Å². The van der Waals surface area contributed by atoms with Crippen LogP contribution in [0.2, 0.25) is 0 Å². The lowest BCUT2D eigenvalue weighted by Crippen LogP contribution is -2.32. The lowest BCUT2D eigenvalue weighted by atomic mass is 10.1. The van der Waals surface area contributed by atoms with Crippen LogP contribution >= 0.6 is 0 Å². The quantitative estimate of drug-likeness (QED) is 0.667. The summed E-state index contributed by atoms with van der Waals surface area (Å²) in [7, 11) is 0. The van der Waals surface area contributed by atoms with Gasteiger partial charge in [-0.3, -0.25) is 9.69 Å². The van der Waals surface area contributed by atoms with Crippen molar-refractivity contribution in [1.29, 1.82) is 0 Å². The number of carbonyl (C=O) groups excluding carboxylic acids is 1. The SMILES string of the molecule is CCCC(=O)CC[C@@H](O)CN(Cc1ccccc1)Cc1ccccc1. The molecule has 0 aliphatic heterocycles. The number of benzene rings is 2. The number of aliphatic hydroxyl groups excluding tert-OH is 1. The summed E-state index contributed by atoms with van der Waals surface area (Å²) >= 11 is 0. The van der Waals surface area contributed by atoms with Crippen molar-refractivity contribution < 1.29 is 9.90 Å². The second kappa shape index (κ2) is 10.8. The van der Waals surface area contributed by atoms with E-state index in [0.717, 1.165) is 19.5 Å². The van der Waals surface area contributed by atoms with Crippen LogP contribution in [0.4, 0.5) is 0 Å². The van der Waals surface area contributed by atoms with Gasteiger partial charge in [0.1, 0.15) is 5.78 Å². The third-order valence-corrected chi connectivity index (χ3v) is 4.25. The van der Waals surface area contributed by atoms with Gasteiger partial charge in [0.2, 0.25) is 0 Å². The Labute approximate surface area is 151 Å². The van der Waals surface area contributed by atoms with E-state index in [4.69, 9.17) is 0 Å². The molecule has 0 amide bonds. The molecular weight excluding hydrogens is 310 g/mol. The van der Waals surface area contributed by atoms with E-state index >= 15 is 0 Å². The Kier molecular flexibility index (Phi) is 8.36. The first-order valence-corrected chi connectivity index (χ1v) is 9.17. The molecule has 0 bridgehead atoms. The van der Waals surface area contributed by atoms with E-state index in [1.54, 1.807) is 0 Å². The number of aliphatic hydroxyl groups is 1. The molecule has 0 radical (unpaired) electrons. The smallest absolute Gasteiger partial charge is 0.133 e. The monoisotopic (exact) mass is 339 g/mol. The Morgan fingerprint density at radius 2 is 1.44 bits per heavy atom. The van der Waals surface area contributed by atoms with Crippen molar-refractivity contribution in [3.8, 4) is 0 Å². The van der Waals surface area contributed by atoms with E-state index in [-0.39, 0.29) is 5.78 Å². The van der Waals surface area contributed by atoms with E-state index in [2.05, 4.69) is 29.2 Å². The molecule has 2 rings (SSSR count). The lowest BCUT2D eigenvalue weighted by molar-refractivity contribution is -0.119. The topological polar surface area (TPSA) is 40.5 Å². The van der Waals surface area contributed by atoms with Crippen LogP contribution in [0.1, 0.15) is 43.7 Å². The van der Waals surface area contributed by atoms with Crippen LogP contribution in [0.5, 0.6) is 0 Å². The summed E-state index contributed by atoms with van der Waals surface area (Å²) in [4.78, 5) is 13.9. The third kappa shape index (κ3) is 7.63. The molecule has 134 valence electrons. The Morgan fingerprint density at radius 1 is 0.920 bits per heavy atom. The molecule has 3 heteroatoms. The number of nitrogens with zero attached hydrogens (tertiary/aromatic N) is 1. The normalized spacial score (nSPS) is 12.3. The molecule has 0 saturated heterocycles. The molecule has 2 aromatic carbocycles. The highest BCUT2D eigenvalue weighted by atomic mass is 16.3. The van der Waals surface area contributed by atoms with Gasteiger partial charge in [-0.25, -0.2) is 0 Å². The van der Waals surface area contributed by atoms with E-state index in [0.29, 0.717) is 25.8 Å². The van der Waals surface area contributed by atoms with Gasteiger partial charge in [0, 0.05) is 32.5 Å². The first kappa shape index (κ1) is 19.4. The molecule has 1 atom stereocenters. The largest absolute Gasteiger partial charge is 0.392 e. The molecule has 0 saturated carbocycles. The summed E-state index contributed by atoms with van der Waals surface area (Å²) in [5.74, 6) is 0.249. The van der Waals surface area contributed by atoms with Crippen LogP contribution in [-0.2, 0) is 17.9 Å². The zero-order valence-electron chi connectivity index (χ0n) is 15.1. The molecule has 25 heavy (non-hydrogen) atoms. The summed E-state index contributed by atoms with van der Waals surface area (Å²) in [6, 6.07) is 20.6. The van der Waals surface area contributed by atoms with E-state index in [1.165, 1.54) is 11.1 Å². The van der Waals surface area contributed by atoms with Crippen molar-refractivity contribution in [3.05, 3.63) is 71.8 Å². The van der Waals surface area contributed by atoms with E-state index < -0.39 is 6.10 Å². The highest BCUT2D eigenvalue weighted by Gasteiger charge is 2.14. The van der Waals surface area contributed by atoms with Gasteiger partial charge in [0.15, 0.2) is 0 Å². The van der Waals surface area contributed by atoms with Crippen molar-refractivity contribution in [3.63, 3.8) is 0 Å². The molecule has 3 nitrogen and oxygen atoms in total. The standard InChI is InChI=1S/C22H29NO2/c1-2-9-21(24)14-15-22(25)18-23(16-19-10-5-3-6-11-19)17-20-12-7-4-8-13-20/h3-8,10-13,22,25H,2,9,14-18H2,1H3/t22-/m1/s1. The van der Waals surface area contributed by atoms with Gasteiger partial charge >= 0.3 is 0 Å². The van der Waals surface area contributed by atoms with Crippen LogP contribution < -0.4 is 0 Å². The van der Waals surface area contributed by atoms with E-state index in [1.807, 2.05) is 43.3 Å². The molecule has 0 aliphatic carbocycles. The lowest BCUT2D eigenvalue weighted by Gasteiger charge is -2.25. The fourth-order valence-electron chi connectivity index (χ4n) is 2.99. The summed E-state index contributed by atoms with van der Waals surface area (Å²) in [5, 5.41) is 10.4. The molecule has 1 N–H and O–H groups in total. The van der Waals surface area contributed by atoms with Gasteiger partial charge in [0.25, 0.3) is 0 Å². The fourth-order valence-corrected chi connectivity index (χ4v) is 2.99. The number of Topliss-reactive ketones (excluding diaryl/α,β-unsaturated/α-hetero) is 1. The molecule has 0 aliphatic rings. The summed E-state index contributed by atoms with van der Waals surface area (Å²) in [6.07, 6.45) is 2.03. The molecule has 0 unspecified atom stereocenters. The van der Waals surface area contributed by atoms with Crippen LogP contribution in [0.25, 0.3) is 0 Å². The maximum absolute atomic E-state index is 11.7. The zero-order chi connectivity index (χ0) is 17.9. The van der Waals surface area contributed by atoms with Crippen molar-refractivity contribution in [2.75, 3.05) is 6.54 Å². The Hall–Kier alpha value is -1.97. The highest BCUT2D eigenvalue weighted by Crippen LogP contribution is 2.12. The van der Waals surface area contributed by atoms with Crippen LogP contribution in [0, 0.1) is 0 Å². The van der Waals surface area contributed by atoms with Gasteiger partial charge in [-0.15, -0.1) is 0 Å². The van der Waals surface area contributed by atoms with Crippen molar-refractivity contribution in [1.82, 2.24) is 4.90 Å². The van der Waals surface area contributed by atoms with Crippen molar-refractivity contribution >= 4 is 5.78 Å². The van der Waals surface area contributed by atoms with Gasteiger partial charge in [0.05, 0.1) is 6.10 Å². The molecule has 2 aromatic rings. The number of rotatable bonds is 11. The Balaban J connectivity index is 1.94. The number of hydrogen-bond acceptors (Lipinski definition) is 3. The van der Waals surface area contributed by atoms with Gasteiger partial charge in [-0.1, -0.05) is 67.6 Å². The minimum atomic E-state index is -0.478. The molecule has 0 fully saturated rings. The zero-order valence-corrected chi connectivity index (χ0v) is 15.1. The average Bonchev–Trinajstić information content (AvgIpc) is 2.62. The first-order chi connectivity index (χ1) is 12.2. The predicted octanol–water partition coefficient (Wildman–Crippen LogP) is 4.20. The van der Waals surface area contributed by atoms with Crippen LogP contribution in [0.15, 0.2) is 60.7 Å². The number of carbonyl (C=O) groups is 1. The molecule has 0 spiro atoms. The van der Waals surface area contributed by atoms with E-state index in [9.17, 15) is 9.90 Å². The van der Waals surface area contributed by atoms with Crippen LogP contribution in [-0.4, -0.2) is 28.4 Å². The summed E-state index contributed by atoms with van der Waals surface area (Å²) in [6.45, 7) is 4.16. The van der Waals surface area contributed by atoms with Gasteiger partial charge in [-0.05, 0) is 24.0 Å². The minimum absolute atomic E-state index is 0.249. The Bertz CT molecular complexity index is 571. The minimum Gasteiger partial charge on any atom is -0.392 e. The van der Waals surface area contributed by atoms with Gasteiger partial charge in [-0.2, -0.15) is 0 Å². The Morgan fingerprint density at radius 3 is 1.92 bits per heavy atom. The molecule has 0 aromatic heterocycles. The second-order valence-corrected chi connectivity index (χ2v) is 6.62. The maximum Gasteiger partial charge on any atom is 0.133 e. The van der Waals surface area contributed by atoms with Crippen LogP contribution in [0.3, 0.4) is 0 Å². The average molecular weight is 339 g/mol. The number of ketones is 1. The first-order valence-electron chi connectivity index (χ1n) is 9.17. The summed E-state index contributed by atoms with van der Waals surface area (Å²) in [5.41, 5.74) is 2.46. The van der Waals surface area contributed by atoms with Crippen molar-refractivity contribution in [2.24, 2.45) is 0 Å². The molecule has 0 heterocycles. The fraction of sp³-hybridized carbons (Fsp3) is 0.409. The highest BCUT2D eigenvalue weighted by molar-refractivity contribution is 5.78. The predicted molar refractivity (Wildman–Crippen MR) is 102 cm³/mol.